The maximum Gasteiger partial charge on any atom is 0.255 e. The molecule has 0 heterocycles. The SMILES string of the molecule is CN(C)c1ccc(O)c2c1C[C@H]1C[C@H]3C(C)(N(C)C)C(O)=C(C(N)=O)C(=O)[C@@]3(O)C(O)=C1C2=O. The van der Waals surface area contributed by atoms with E-state index in [9.17, 15) is 34.8 Å². The highest BCUT2D eigenvalue weighted by Crippen LogP contribution is 2.56. The zero-order valence-corrected chi connectivity index (χ0v) is 19.7. The van der Waals surface area contributed by atoms with E-state index >= 15 is 0 Å². The number of primary amides is 1. The Bertz CT molecular complexity index is 1220. The average Bonchev–Trinajstić information content (AvgIpc) is 2.73. The molecule has 0 saturated carbocycles. The number of anilines is 1. The molecule has 0 aliphatic heterocycles. The fourth-order valence-electron chi connectivity index (χ4n) is 5.87. The molecule has 1 aromatic rings. The molecule has 1 aromatic carbocycles. The number of Topliss-reactive ketones (excluding diaryl/α,β-unsaturated/α-hetero) is 2. The lowest BCUT2D eigenvalue weighted by Gasteiger charge is -2.55. The first-order valence-corrected chi connectivity index (χ1v) is 10.9. The summed E-state index contributed by atoms with van der Waals surface area (Å²) in [5.41, 5.74) is 1.56. The number of aliphatic hydroxyl groups excluding tert-OH is 2. The lowest BCUT2D eigenvalue weighted by molar-refractivity contribution is -0.155. The Hall–Kier alpha value is -3.37. The lowest BCUT2D eigenvalue weighted by atomic mass is 9.54. The maximum absolute atomic E-state index is 13.6. The van der Waals surface area contributed by atoms with Gasteiger partial charge in [-0.3, -0.25) is 19.3 Å². The van der Waals surface area contributed by atoms with Gasteiger partial charge in [-0.2, -0.15) is 0 Å². The van der Waals surface area contributed by atoms with Crippen molar-refractivity contribution in [1.82, 2.24) is 4.90 Å². The molecular formula is C24H29N3O7. The number of allylic oxidation sites excluding steroid dienone is 1. The summed E-state index contributed by atoms with van der Waals surface area (Å²) in [6, 6.07) is 3.07. The molecule has 4 atom stereocenters. The zero-order chi connectivity index (χ0) is 25.5. The van der Waals surface area contributed by atoms with E-state index in [1.165, 1.54) is 6.07 Å². The number of phenols is 1. The second-order valence-electron chi connectivity index (χ2n) is 9.86. The highest BCUT2D eigenvalue weighted by Gasteiger charge is 2.67. The van der Waals surface area contributed by atoms with Gasteiger partial charge in [0, 0.05) is 31.3 Å². The minimum Gasteiger partial charge on any atom is -0.509 e. The number of carbonyl (C=O) groups is 3. The van der Waals surface area contributed by atoms with Crippen molar-refractivity contribution in [2.24, 2.45) is 17.6 Å². The van der Waals surface area contributed by atoms with Crippen LogP contribution in [-0.2, 0) is 16.0 Å². The van der Waals surface area contributed by atoms with Crippen molar-refractivity contribution < 1.29 is 34.8 Å². The summed E-state index contributed by atoms with van der Waals surface area (Å²) in [4.78, 5) is 42.4. The van der Waals surface area contributed by atoms with Crippen LogP contribution >= 0.6 is 0 Å². The number of nitrogens with two attached hydrogens (primary N) is 1. The molecule has 0 aromatic heterocycles. The number of rotatable bonds is 3. The van der Waals surface area contributed by atoms with Crippen LogP contribution in [0.3, 0.4) is 0 Å². The number of aromatic hydroxyl groups is 1. The third kappa shape index (κ3) is 2.72. The molecule has 3 aliphatic rings. The first kappa shape index (κ1) is 23.8. The number of benzene rings is 1. The molecule has 0 bridgehead atoms. The van der Waals surface area contributed by atoms with Crippen molar-refractivity contribution in [3.05, 3.63) is 45.9 Å². The molecule has 0 fully saturated rings. The summed E-state index contributed by atoms with van der Waals surface area (Å²) in [5, 5.41) is 44.5. The van der Waals surface area contributed by atoms with E-state index in [2.05, 4.69) is 0 Å². The number of phenolic OH excluding ortho intramolecular Hbond substituents is 1. The number of nitrogens with zero attached hydrogens (tertiary/aromatic N) is 2. The van der Waals surface area contributed by atoms with Crippen LogP contribution in [0.5, 0.6) is 5.75 Å². The molecule has 0 radical (unpaired) electrons. The minimum atomic E-state index is -2.66. The van der Waals surface area contributed by atoms with Gasteiger partial charge in [0.2, 0.25) is 5.78 Å². The normalized spacial score (nSPS) is 30.8. The number of likely N-dealkylation sites (N-methyl/N-ethyl adjacent to an activating group) is 1. The smallest absolute Gasteiger partial charge is 0.255 e. The summed E-state index contributed by atoms with van der Waals surface area (Å²) >= 11 is 0. The van der Waals surface area contributed by atoms with Gasteiger partial charge < -0.3 is 31.1 Å². The summed E-state index contributed by atoms with van der Waals surface area (Å²) < 4.78 is 0. The van der Waals surface area contributed by atoms with Crippen LogP contribution in [0.25, 0.3) is 0 Å². The molecule has 6 N–H and O–H groups in total. The van der Waals surface area contributed by atoms with E-state index in [-0.39, 0.29) is 29.7 Å². The quantitative estimate of drug-likeness (QED) is 0.396. The van der Waals surface area contributed by atoms with E-state index < -0.39 is 57.5 Å². The molecule has 3 aliphatic carbocycles. The van der Waals surface area contributed by atoms with Gasteiger partial charge >= 0.3 is 0 Å². The Balaban J connectivity index is 2.02. The van der Waals surface area contributed by atoms with Crippen molar-refractivity contribution in [3.63, 3.8) is 0 Å². The predicted molar refractivity (Wildman–Crippen MR) is 123 cm³/mol. The van der Waals surface area contributed by atoms with Gasteiger partial charge in [-0.25, -0.2) is 0 Å². The van der Waals surface area contributed by atoms with Crippen molar-refractivity contribution in [2.45, 2.75) is 30.9 Å². The molecular weight excluding hydrogens is 442 g/mol. The van der Waals surface area contributed by atoms with Gasteiger partial charge in [0.25, 0.3) is 5.91 Å². The summed E-state index contributed by atoms with van der Waals surface area (Å²) in [6.45, 7) is 1.54. The standard InChI is InChI=1S/C24H29N3O7/c1-23(27(4)5)14-9-10-8-11-12(26(2)3)6-7-13(28)16(11)18(29)15(10)20(31)24(14,34)21(32)17(19(23)30)22(25)33/h6-7,10,14,28,30-31,34H,8-9H2,1-5H3,(H2,25,33)/t10-,14-,23?,24-/m0/s1. The molecule has 0 saturated heterocycles. The van der Waals surface area contributed by atoms with E-state index in [0.29, 0.717) is 5.56 Å². The predicted octanol–water partition coefficient (Wildman–Crippen LogP) is 0.577. The number of ketones is 2. The number of hydrogen-bond donors (Lipinski definition) is 5. The topological polar surface area (TPSA) is 165 Å². The number of aliphatic hydroxyl groups is 3. The average molecular weight is 472 g/mol. The van der Waals surface area contributed by atoms with Crippen LogP contribution in [0.15, 0.2) is 34.8 Å². The molecule has 1 amide bonds. The monoisotopic (exact) mass is 471 g/mol. The summed E-state index contributed by atoms with van der Waals surface area (Å²) in [6.07, 6.45) is 0.292. The van der Waals surface area contributed by atoms with Crippen LogP contribution < -0.4 is 10.6 Å². The third-order valence-electron chi connectivity index (χ3n) is 7.86. The molecule has 10 heteroatoms. The molecule has 0 spiro atoms. The van der Waals surface area contributed by atoms with E-state index in [0.717, 1.165) is 5.69 Å². The third-order valence-corrected chi connectivity index (χ3v) is 7.86. The van der Waals surface area contributed by atoms with Crippen LogP contribution in [0.1, 0.15) is 29.3 Å². The van der Waals surface area contributed by atoms with Gasteiger partial charge in [-0.1, -0.05) is 0 Å². The Labute approximate surface area is 196 Å². The Morgan fingerprint density at radius 1 is 1.09 bits per heavy atom. The van der Waals surface area contributed by atoms with Crippen LogP contribution in [0.2, 0.25) is 0 Å². The fourth-order valence-corrected chi connectivity index (χ4v) is 5.87. The van der Waals surface area contributed by atoms with Gasteiger partial charge in [-0.05, 0) is 57.5 Å². The Morgan fingerprint density at radius 3 is 2.24 bits per heavy atom. The number of fused-ring (bicyclic) bond motifs is 3. The number of amides is 1. The van der Waals surface area contributed by atoms with Gasteiger partial charge in [-0.15, -0.1) is 0 Å². The van der Waals surface area contributed by atoms with Crippen LogP contribution in [0, 0.1) is 11.8 Å². The van der Waals surface area contributed by atoms with Crippen molar-refractivity contribution in [2.75, 3.05) is 33.1 Å². The lowest BCUT2D eigenvalue weighted by Crippen LogP contribution is -2.68. The highest BCUT2D eigenvalue weighted by atomic mass is 16.3. The molecule has 1 unspecified atom stereocenters. The molecule has 10 nitrogen and oxygen atoms in total. The molecule has 34 heavy (non-hydrogen) atoms. The van der Waals surface area contributed by atoms with Crippen LogP contribution in [-0.4, -0.2) is 82.1 Å². The number of carbonyl (C=O) groups excluding carboxylic acids is 3. The molecule has 182 valence electrons. The second kappa shape index (κ2) is 7.31. The van der Waals surface area contributed by atoms with Crippen molar-refractivity contribution in [3.8, 4) is 5.75 Å². The fraction of sp³-hybridized carbons (Fsp3) is 0.458. The van der Waals surface area contributed by atoms with Gasteiger partial charge in [0.15, 0.2) is 11.4 Å². The first-order chi connectivity index (χ1) is 15.7. The van der Waals surface area contributed by atoms with E-state index in [1.54, 1.807) is 51.0 Å². The van der Waals surface area contributed by atoms with E-state index in [1.807, 2.05) is 0 Å². The summed E-state index contributed by atoms with van der Waals surface area (Å²) in [5.74, 6) is -6.66. The van der Waals surface area contributed by atoms with Gasteiger partial charge in [0.05, 0.1) is 11.1 Å². The van der Waals surface area contributed by atoms with Crippen molar-refractivity contribution in [1.29, 1.82) is 0 Å². The van der Waals surface area contributed by atoms with Gasteiger partial charge in [0.1, 0.15) is 22.8 Å². The van der Waals surface area contributed by atoms with E-state index in [4.69, 9.17) is 5.73 Å². The maximum atomic E-state index is 13.6. The highest BCUT2D eigenvalue weighted by molar-refractivity contribution is 6.25. The summed E-state index contributed by atoms with van der Waals surface area (Å²) in [7, 11) is 6.81. The van der Waals surface area contributed by atoms with Crippen molar-refractivity contribution >= 4 is 23.2 Å². The minimum absolute atomic E-state index is 0.00167. The largest absolute Gasteiger partial charge is 0.509 e. The second-order valence-corrected chi connectivity index (χ2v) is 9.86. The Kier molecular flexibility index (Phi) is 5.11. The zero-order valence-electron chi connectivity index (χ0n) is 19.7. The number of hydrogen-bond acceptors (Lipinski definition) is 9. The molecule has 4 rings (SSSR count). The van der Waals surface area contributed by atoms with Crippen LogP contribution in [0.4, 0.5) is 5.69 Å². The Morgan fingerprint density at radius 2 is 1.71 bits per heavy atom. The first-order valence-electron chi connectivity index (χ1n) is 10.9.